The third-order valence-electron chi connectivity index (χ3n) is 2.25. The first kappa shape index (κ1) is 9.94. The van der Waals surface area contributed by atoms with Crippen molar-refractivity contribution in [3.8, 4) is 0 Å². The van der Waals surface area contributed by atoms with Gasteiger partial charge in [-0.2, -0.15) is 0 Å². The summed E-state index contributed by atoms with van der Waals surface area (Å²) in [6, 6.07) is -1.74. The lowest BCUT2D eigenvalue weighted by atomic mass is 10.2. The summed E-state index contributed by atoms with van der Waals surface area (Å²) >= 11 is 0. The van der Waals surface area contributed by atoms with Gasteiger partial charge in [0.15, 0.2) is 0 Å². The number of rotatable bonds is 3. The zero-order valence-corrected chi connectivity index (χ0v) is 6.88. The van der Waals surface area contributed by atoms with E-state index in [1.165, 1.54) is 0 Å². The van der Waals surface area contributed by atoms with Crippen molar-refractivity contribution in [2.45, 2.75) is 24.9 Å². The maximum atomic E-state index is 10.6. The molecule has 0 aliphatic carbocycles. The fourth-order valence-corrected chi connectivity index (χ4v) is 1.59. The van der Waals surface area contributed by atoms with Crippen molar-refractivity contribution in [1.82, 2.24) is 4.90 Å². The number of hydrogen-bond acceptors (Lipinski definition) is 4. The van der Waals surface area contributed by atoms with Gasteiger partial charge in [-0.05, 0) is 12.8 Å². The molecule has 2 unspecified atom stereocenters. The van der Waals surface area contributed by atoms with Gasteiger partial charge in [0, 0.05) is 0 Å². The van der Waals surface area contributed by atoms with Gasteiger partial charge in [-0.1, -0.05) is 0 Å². The number of nitrogens with zero attached hydrogens (tertiary/aromatic N) is 1. The molecule has 2 atom stereocenters. The molecule has 0 radical (unpaired) electrons. The Morgan fingerprint density at radius 2 is 1.54 bits per heavy atom. The number of aliphatic carboxylic acids is 2. The van der Waals surface area contributed by atoms with Crippen molar-refractivity contribution in [2.75, 3.05) is 6.73 Å². The highest BCUT2D eigenvalue weighted by Crippen LogP contribution is 2.23. The molecule has 0 aromatic carbocycles. The van der Waals surface area contributed by atoms with E-state index in [4.69, 9.17) is 15.3 Å². The standard InChI is InChI=1S/C7H11NO5/c9-3-8-4(6(10)11)1-2-5(8)7(12)13/h4-5,9H,1-3H2,(H,10,11)(H,12,13). The number of carboxylic acid groups (broad SMARTS) is 2. The summed E-state index contributed by atoms with van der Waals surface area (Å²) in [5, 5.41) is 26.1. The molecule has 1 aliphatic heterocycles. The van der Waals surface area contributed by atoms with Crippen LogP contribution in [0.4, 0.5) is 0 Å². The Bertz CT molecular complexity index is 207. The van der Waals surface area contributed by atoms with Crippen molar-refractivity contribution in [1.29, 1.82) is 0 Å². The maximum absolute atomic E-state index is 10.6. The molecule has 0 aromatic heterocycles. The molecule has 13 heavy (non-hydrogen) atoms. The molecule has 0 spiro atoms. The van der Waals surface area contributed by atoms with E-state index in [1.54, 1.807) is 0 Å². The predicted octanol–water partition coefficient (Wildman–Crippen LogP) is -1.06. The average molecular weight is 189 g/mol. The first-order chi connectivity index (χ1) is 6.07. The van der Waals surface area contributed by atoms with Crippen LogP contribution in [0.2, 0.25) is 0 Å². The molecule has 1 heterocycles. The zero-order chi connectivity index (χ0) is 10.0. The molecule has 1 rings (SSSR count). The van der Waals surface area contributed by atoms with Crippen LogP contribution in [-0.2, 0) is 9.59 Å². The first-order valence-corrected chi connectivity index (χ1v) is 3.90. The molecule has 0 bridgehead atoms. The van der Waals surface area contributed by atoms with Crippen LogP contribution in [0.25, 0.3) is 0 Å². The van der Waals surface area contributed by atoms with E-state index in [0.717, 1.165) is 4.90 Å². The van der Waals surface area contributed by atoms with Gasteiger partial charge < -0.3 is 15.3 Å². The smallest absolute Gasteiger partial charge is 0.321 e. The molecule has 1 aliphatic rings. The SMILES string of the molecule is O=C(O)C1CCC(C(=O)O)N1CO. The number of carbonyl (C=O) groups is 2. The molecule has 6 nitrogen and oxygen atoms in total. The highest BCUT2D eigenvalue weighted by Gasteiger charge is 2.40. The van der Waals surface area contributed by atoms with Crippen molar-refractivity contribution in [2.24, 2.45) is 0 Å². The Hall–Kier alpha value is -1.14. The molecule has 0 amide bonds. The van der Waals surface area contributed by atoms with Crippen LogP contribution >= 0.6 is 0 Å². The van der Waals surface area contributed by atoms with E-state index in [-0.39, 0.29) is 12.8 Å². The van der Waals surface area contributed by atoms with Crippen LogP contribution < -0.4 is 0 Å². The minimum atomic E-state index is -1.09. The van der Waals surface area contributed by atoms with E-state index in [9.17, 15) is 9.59 Å². The van der Waals surface area contributed by atoms with Crippen molar-refractivity contribution in [3.05, 3.63) is 0 Å². The van der Waals surface area contributed by atoms with Crippen LogP contribution in [0, 0.1) is 0 Å². The van der Waals surface area contributed by atoms with Gasteiger partial charge >= 0.3 is 11.9 Å². The number of aliphatic hydroxyl groups excluding tert-OH is 1. The van der Waals surface area contributed by atoms with Crippen molar-refractivity contribution in [3.63, 3.8) is 0 Å². The Balaban J connectivity index is 2.74. The molecule has 1 saturated heterocycles. The topological polar surface area (TPSA) is 98.1 Å². The number of aliphatic hydroxyl groups is 1. The summed E-state index contributed by atoms with van der Waals surface area (Å²) < 4.78 is 0. The molecular formula is C7H11NO5. The van der Waals surface area contributed by atoms with Gasteiger partial charge in [-0.3, -0.25) is 14.5 Å². The lowest BCUT2D eigenvalue weighted by Gasteiger charge is -2.22. The van der Waals surface area contributed by atoms with Crippen LogP contribution in [-0.4, -0.2) is 51.0 Å². The summed E-state index contributed by atoms with van der Waals surface area (Å²) in [5.41, 5.74) is 0. The Labute approximate surface area is 74.4 Å². The monoisotopic (exact) mass is 189 g/mol. The van der Waals surface area contributed by atoms with Crippen LogP contribution in [0.15, 0.2) is 0 Å². The Morgan fingerprint density at radius 1 is 1.15 bits per heavy atom. The third-order valence-corrected chi connectivity index (χ3v) is 2.25. The largest absolute Gasteiger partial charge is 0.480 e. The van der Waals surface area contributed by atoms with Gasteiger partial charge in [0.2, 0.25) is 0 Å². The van der Waals surface area contributed by atoms with Gasteiger partial charge in [0.25, 0.3) is 0 Å². The van der Waals surface area contributed by atoms with E-state index in [0.29, 0.717) is 0 Å². The molecule has 1 fully saturated rings. The van der Waals surface area contributed by atoms with E-state index >= 15 is 0 Å². The van der Waals surface area contributed by atoms with Crippen LogP contribution in [0.3, 0.4) is 0 Å². The molecule has 0 saturated carbocycles. The summed E-state index contributed by atoms with van der Waals surface area (Å²) in [5.74, 6) is -2.17. The van der Waals surface area contributed by atoms with Crippen LogP contribution in [0.5, 0.6) is 0 Å². The van der Waals surface area contributed by atoms with E-state index in [1.807, 2.05) is 0 Å². The first-order valence-electron chi connectivity index (χ1n) is 3.90. The summed E-state index contributed by atoms with van der Waals surface area (Å²) in [6.07, 6.45) is 0.541. The minimum Gasteiger partial charge on any atom is -0.480 e. The van der Waals surface area contributed by atoms with Crippen molar-refractivity contribution < 1.29 is 24.9 Å². The number of hydrogen-bond donors (Lipinski definition) is 3. The number of carboxylic acids is 2. The summed E-state index contributed by atoms with van der Waals surface area (Å²) in [6.45, 7) is -0.534. The Kier molecular flexibility index (Phi) is 2.84. The fraction of sp³-hybridized carbons (Fsp3) is 0.714. The quantitative estimate of drug-likeness (QED) is 0.523. The molecule has 74 valence electrons. The molecule has 6 heteroatoms. The van der Waals surface area contributed by atoms with Gasteiger partial charge in [-0.15, -0.1) is 0 Å². The molecule has 0 aromatic rings. The third kappa shape index (κ3) is 1.78. The van der Waals surface area contributed by atoms with Crippen molar-refractivity contribution >= 4 is 11.9 Å². The predicted molar refractivity (Wildman–Crippen MR) is 41.0 cm³/mol. The Morgan fingerprint density at radius 3 is 1.77 bits per heavy atom. The second-order valence-electron chi connectivity index (χ2n) is 2.94. The lowest BCUT2D eigenvalue weighted by Crippen LogP contribution is -2.44. The minimum absolute atomic E-state index is 0.271. The average Bonchev–Trinajstić information content (AvgIpc) is 2.46. The molecule has 3 N–H and O–H groups in total. The van der Waals surface area contributed by atoms with Gasteiger partial charge in [-0.25, -0.2) is 0 Å². The zero-order valence-electron chi connectivity index (χ0n) is 6.88. The second kappa shape index (κ2) is 3.71. The van der Waals surface area contributed by atoms with Crippen LogP contribution in [0.1, 0.15) is 12.8 Å². The van der Waals surface area contributed by atoms with Gasteiger partial charge in [0.1, 0.15) is 12.1 Å². The normalized spacial score (nSPS) is 29.0. The summed E-state index contributed by atoms with van der Waals surface area (Å²) in [4.78, 5) is 22.3. The highest BCUT2D eigenvalue weighted by molar-refractivity contribution is 5.79. The fourth-order valence-electron chi connectivity index (χ4n) is 1.59. The van der Waals surface area contributed by atoms with Gasteiger partial charge in [0.05, 0.1) is 6.73 Å². The highest BCUT2D eigenvalue weighted by atomic mass is 16.4. The molecular weight excluding hydrogens is 178 g/mol. The van der Waals surface area contributed by atoms with E-state index in [2.05, 4.69) is 0 Å². The maximum Gasteiger partial charge on any atom is 0.321 e. The summed E-state index contributed by atoms with van der Waals surface area (Å²) in [7, 11) is 0. The number of likely N-dealkylation sites (tertiary alicyclic amines) is 1. The van der Waals surface area contributed by atoms with E-state index < -0.39 is 30.8 Å². The second-order valence-corrected chi connectivity index (χ2v) is 2.94. The lowest BCUT2D eigenvalue weighted by molar-refractivity contribution is -0.149.